The van der Waals surface area contributed by atoms with Crippen molar-refractivity contribution in [2.75, 3.05) is 17.7 Å². The van der Waals surface area contributed by atoms with E-state index in [0.717, 1.165) is 0 Å². The number of carbonyl (C=O) groups excluding carboxylic acids is 2. The Kier molecular flexibility index (Phi) is 4.43. The summed E-state index contributed by atoms with van der Waals surface area (Å²) in [6.07, 6.45) is -1.15. The molecular formula is C16H15N3O5S. The number of ether oxygens (including phenoxy) is 1. The lowest BCUT2D eigenvalue weighted by atomic mass is 10.2. The van der Waals surface area contributed by atoms with Gasteiger partial charge in [-0.05, 0) is 36.4 Å². The molecule has 1 amide bonds. The quantitative estimate of drug-likeness (QED) is 0.707. The number of para-hydroxylation sites is 1. The van der Waals surface area contributed by atoms with Crippen LogP contribution in [0, 0.1) is 0 Å². The summed E-state index contributed by atoms with van der Waals surface area (Å²) < 4.78 is 31.3. The summed E-state index contributed by atoms with van der Waals surface area (Å²) >= 11 is 0. The minimum atomic E-state index is -3.78. The Morgan fingerprint density at radius 2 is 1.76 bits per heavy atom. The number of carbonyl (C=O) groups is 2. The van der Waals surface area contributed by atoms with Crippen LogP contribution in [0.3, 0.4) is 0 Å². The highest BCUT2D eigenvalue weighted by Crippen LogP contribution is 2.25. The number of sulfonamides is 1. The van der Waals surface area contributed by atoms with Crippen LogP contribution in [-0.2, 0) is 19.6 Å². The van der Waals surface area contributed by atoms with Crippen molar-refractivity contribution in [2.24, 2.45) is 0 Å². The summed E-state index contributed by atoms with van der Waals surface area (Å²) in [5.74, 6) is -1.07. The van der Waals surface area contributed by atoms with Crippen LogP contribution in [0.4, 0.5) is 11.4 Å². The molecule has 1 aliphatic rings. The molecule has 2 aromatic rings. The maximum absolute atomic E-state index is 12.3. The van der Waals surface area contributed by atoms with Crippen molar-refractivity contribution in [3.8, 4) is 0 Å². The Morgan fingerprint density at radius 1 is 1.08 bits per heavy atom. The van der Waals surface area contributed by atoms with Gasteiger partial charge in [-0.1, -0.05) is 12.1 Å². The van der Waals surface area contributed by atoms with E-state index in [2.05, 4.69) is 20.1 Å². The molecule has 25 heavy (non-hydrogen) atoms. The molecule has 1 heterocycles. The lowest BCUT2D eigenvalue weighted by Gasteiger charge is -2.27. The number of methoxy groups -OCH3 is 1. The lowest BCUT2D eigenvalue weighted by Crippen LogP contribution is -2.51. The van der Waals surface area contributed by atoms with Crippen LogP contribution in [0.5, 0.6) is 0 Å². The molecule has 2 aromatic carbocycles. The molecule has 8 nitrogen and oxygen atoms in total. The Bertz CT molecular complexity index is 925. The zero-order valence-corrected chi connectivity index (χ0v) is 14.0. The number of rotatable bonds is 3. The Balaban J connectivity index is 1.75. The number of hydrogen-bond acceptors (Lipinski definition) is 6. The molecule has 9 heteroatoms. The van der Waals surface area contributed by atoms with Crippen molar-refractivity contribution in [2.45, 2.75) is 11.1 Å². The Morgan fingerprint density at radius 3 is 2.44 bits per heavy atom. The second-order valence-corrected chi connectivity index (χ2v) is 6.94. The normalized spacial score (nSPS) is 17.7. The van der Waals surface area contributed by atoms with Gasteiger partial charge >= 0.3 is 5.97 Å². The molecule has 0 aromatic heterocycles. The van der Waals surface area contributed by atoms with Crippen LogP contribution in [0.1, 0.15) is 10.4 Å². The van der Waals surface area contributed by atoms with E-state index in [4.69, 9.17) is 0 Å². The van der Waals surface area contributed by atoms with E-state index in [1.807, 2.05) is 0 Å². The number of hydrogen-bond donors (Lipinski definition) is 3. The molecule has 0 saturated heterocycles. The number of benzene rings is 2. The fourth-order valence-electron chi connectivity index (χ4n) is 2.36. The number of amides is 1. The maximum Gasteiger partial charge on any atom is 0.337 e. The fraction of sp³-hybridized carbons (Fsp3) is 0.125. The summed E-state index contributed by atoms with van der Waals surface area (Å²) in [6.45, 7) is 0. The molecule has 1 unspecified atom stereocenters. The molecule has 0 spiro atoms. The molecule has 3 rings (SSSR count). The average Bonchev–Trinajstić information content (AvgIpc) is 2.61. The van der Waals surface area contributed by atoms with Crippen LogP contribution < -0.4 is 15.4 Å². The predicted octanol–water partition coefficient (Wildman–Crippen LogP) is 1.14. The van der Waals surface area contributed by atoms with Crippen molar-refractivity contribution in [1.29, 1.82) is 0 Å². The molecule has 1 atom stereocenters. The summed E-state index contributed by atoms with van der Waals surface area (Å²) in [6, 6.07) is 12.3. The average molecular weight is 361 g/mol. The molecule has 3 N–H and O–H groups in total. The van der Waals surface area contributed by atoms with Crippen molar-refractivity contribution in [3.63, 3.8) is 0 Å². The van der Waals surface area contributed by atoms with Crippen LogP contribution in [0.2, 0.25) is 0 Å². The van der Waals surface area contributed by atoms with Gasteiger partial charge in [0.1, 0.15) is 4.90 Å². The van der Waals surface area contributed by atoms with Gasteiger partial charge in [0.05, 0.1) is 18.4 Å². The van der Waals surface area contributed by atoms with Gasteiger partial charge in [-0.25, -0.2) is 13.2 Å². The standard InChI is InChI=1S/C16H15N3O5S/c1-24-16(21)10-6-8-11(9-7-10)17-15(20)14-18-12-4-2-3-5-13(12)25(22,23)19-14/h2-9,14,18-19H,1H3,(H,17,20). The highest BCUT2D eigenvalue weighted by Gasteiger charge is 2.32. The molecule has 0 bridgehead atoms. The largest absolute Gasteiger partial charge is 0.465 e. The molecule has 0 aliphatic carbocycles. The molecular weight excluding hydrogens is 346 g/mol. The third-order valence-electron chi connectivity index (χ3n) is 3.59. The predicted molar refractivity (Wildman–Crippen MR) is 90.6 cm³/mol. The second-order valence-electron chi connectivity index (χ2n) is 5.25. The first-order valence-electron chi connectivity index (χ1n) is 7.28. The zero-order valence-electron chi connectivity index (χ0n) is 13.1. The van der Waals surface area contributed by atoms with E-state index in [1.165, 1.54) is 37.4 Å². The van der Waals surface area contributed by atoms with Crippen molar-refractivity contribution in [1.82, 2.24) is 4.72 Å². The fourth-order valence-corrected chi connectivity index (χ4v) is 3.64. The Labute approximate surface area is 144 Å². The van der Waals surface area contributed by atoms with Crippen molar-refractivity contribution in [3.05, 3.63) is 54.1 Å². The van der Waals surface area contributed by atoms with Gasteiger partial charge in [-0.3, -0.25) is 4.79 Å². The number of esters is 1. The van der Waals surface area contributed by atoms with Crippen molar-refractivity contribution < 1.29 is 22.7 Å². The van der Waals surface area contributed by atoms with Crippen LogP contribution in [-0.4, -0.2) is 33.6 Å². The lowest BCUT2D eigenvalue weighted by molar-refractivity contribution is -0.117. The smallest absolute Gasteiger partial charge is 0.337 e. The highest BCUT2D eigenvalue weighted by atomic mass is 32.2. The first-order chi connectivity index (χ1) is 11.9. The van der Waals surface area contributed by atoms with E-state index in [-0.39, 0.29) is 4.90 Å². The Hall–Kier alpha value is -2.91. The monoisotopic (exact) mass is 361 g/mol. The van der Waals surface area contributed by atoms with Crippen LogP contribution in [0.15, 0.2) is 53.4 Å². The topological polar surface area (TPSA) is 114 Å². The van der Waals surface area contributed by atoms with Gasteiger partial charge in [0.25, 0.3) is 5.91 Å². The summed E-state index contributed by atoms with van der Waals surface area (Å²) in [4.78, 5) is 23.8. The van der Waals surface area contributed by atoms with Gasteiger partial charge in [-0.15, -0.1) is 0 Å². The number of nitrogens with one attached hydrogen (secondary N) is 3. The second kappa shape index (κ2) is 6.54. The van der Waals surface area contributed by atoms with Gasteiger partial charge < -0.3 is 15.4 Å². The minimum Gasteiger partial charge on any atom is -0.465 e. The van der Waals surface area contributed by atoms with Gasteiger partial charge in [-0.2, -0.15) is 4.72 Å². The SMILES string of the molecule is COC(=O)c1ccc(NC(=O)C2Nc3ccccc3S(=O)(=O)N2)cc1. The first-order valence-corrected chi connectivity index (χ1v) is 8.76. The zero-order chi connectivity index (χ0) is 18.0. The van der Waals surface area contributed by atoms with Crippen molar-refractivity contribution >= 4 is 33.3 Å². The highest BCUT2D eigenvalue weighted by molar-refractivity contribution is 7.89. The third-order valence-corrected chi connectivity index (χ3v) is 5.07. The number of fused-ring (bicyclic) bond motifs is 1. The van der Waals surface area contributed by atoms with Gasteiger partial charge in [0, 0.05) is 5.69 Å². The summed E-state index contributed by atoms with van der Waals surface area (Å²) in [5, 5.41) is 5.42. The van der Waals surface area contributed by atoms with E-state index in [1.54, 1.807) is 18.2 Å². The molecule has 0 fully saturated rings. The maximum atomic E-state index is 12.3. The molecule has 0 radical (unpaired) electrons. The van der Waals surface area contributed by atoms with E-state index >= 15 is 0 Å². The summed E-state index contributed by atoms with van der Waals surface area (Å²) in [7, 11) is -2.51. The summed E-state index contributed by atoms with van der Waals surface area (Å²) in [5.41, 5.74) is 1.10. The van der Waals surface area contributed by atoms with E-state index < -0.39 is 28.1 Å². The van der Waals surface area contributed by atoms with Gasteiger partial charge in [0.15, 0.2) is 6.17 Å². The number of anilines is 2. The van der Waals surface area contributed by atoms with Crippen LogP contribution >= 0.6 is 0 Å². The minimum absolute atomic E-state index is 0.0847. The van der Waals surface area contributed by atoms with Crippen LogP contribution in [0.25, 0.3) is 0 Å². The molecule has 1 aliphatic heterocycles. The van der Waals surface area contributed by atoms with Gasteiger partial charge in [0.2, 0.25) is 10.0 Å². The molecule has 130 valence electrons. The van der Waals surface area contributed by atoms with E-state index in [0.29, 0.717) is 16.9 Å². The third kappa shape index (κ3) is 3.47. The van der Waals surface area contributed by atoms with E-state index in [9.17, 15) is 18.0 Å². The molecule has 0 saturated carbocycles. The first kappa shape index (κ1) is 16.9.